The van der Waals surface area contributed by atoms with Crippen LogP contribution in [-0.4, -0.2) is 36.3 Å². The molecule has 4 heterocycles. The number of aromatic amines is 1. The molecule has 0 aliphatic rings. The summed E-state index contributed by atoms with van der Waals surface area (Å²) in [5.74, 6) is 0.633. The standard InChI is InChI=1S/C18H19N7/c1-3-6-20-18-21-8-5-15(23-18)14-11-25(2)24-16(14)13-9-12-4-7-19-17(12)22-10-13/h4-5,7-11H,3,6H2,1-2H3,(H,19,22)(H,20,21,23). The predicted molar refractivity (Wildman–Crippen MR) is 98.1 cm³/mol. The van der Waals surface area contributed by atoms with E-state index in [1.54, 1.807) is 10.9 Å². The van der Waals surface area contributed by atoms with E-state index >= 15 is 0 Å². The molecule has 0 amide bonds. The number of nitrogens with zero attached hydrogens (tertiary/aromatic N) is 5. The van der Waals surface area contributed by atoms with Crippen molar-refractivity contribution in [3.8, 4) is 22.5 Å². The molecule has 7 nitrogen and oxygen atoms in total. The second-order valence-corrected chi connectivity index (χ2v) is 5.90. The zero-order valence-corrected chi connectivity index (χ0v) is 14.2. The summed E-state index contributed by atoms with van der Waals surface area (Å²) in [4.78, 5) is 16.5. The molecule has 0 saturated heterocycles. The van der Waals surface area contributed by atoms with E-state index in [1.807, 2.05) is 37.8 Å². The summed E-state index contributed by atoms with van der Waals surface area (Å²) >= 11 is 0. The summed E-state index contributed by atoms with van der Waals surface area (Å²) in [5, 5.41) is 8.91. The topological polar surface area (TPSA) is 84.3 Å². The van der Waals surface area contributed by atoms with Gasteiger partial charge in [0.05, 0.1) is 5.69 Å². The first-order valence-corrected chi connectivity index (χ1v) is 8.29. The number of pyridine rings is 1. The Labute approximate surface area is 145 Å². The van der Waals surface area contributed by atoms with Crippen LogP contribution < -0.4 is 5.32 Å². The highest BCUT2D eigenvalue weighted by Crippen LogP contribution is 2.30. The van der Waals surface area contributed by atoms with Crippen molar-refractivity contribution in [1.29, 1.82) is 0 Å². The number of hydrogen-bond acceptors (Lipinski definition) is 5. The molecular weight excluding hydrogens is 314 g/mol. The van der Waals surface area contributed by atoms with Gasteiger partial charge in [-0.2, -0.15) is 5.10 Å². The highest BCUT2D eigenvalue weighted by atomic mass is 15.3. The highest BCUT2D eigenvalue weighted by Gasteiger charge is 2.15. The van der Waals surface area contributed by atoms with E-state index in [9.17, 15) is 0 Å². The Morgan fingerprint density at radius 2 is 2.16 bits per heavy atom. The normalized spacial score (nSPS) is 11.1. The second kappa shape index (κ2) is 6.35. The Morgan fingerprint density at radius 3 is 3.04 bits per heavy atom. The first-order chi connectivity index (χ1) is 12.2. The maximum Gasteiger partial charge on any atom is 0.223 e. The minimum absolute atomic E-state index is 0.633. The average Bonchev–Trinajstić information content (AvgIpc) is 3.25. The van der Waals surface area contributed by atoms with Crippen LogP contribution in [0, 0.1) is 0 Å². The third-order valence-electron chi connectivity index (χ3n) is 3.97. The molecule has 0 unspecified atom stereocenters. The van der Waals surface area contributed by atoms with Crippen LogP contribution in [0.4, 0.5) is 5.95 Å². The van der Waals surface area contributed by atoms with Crippen molar-refractivity contribution in [2.75, 3.05) is 11.9 Å². The summed E-state index contributed by atoms with van der Waals surface area (Å²) < 4.78 is 1.80. The lowest BCUT2D eigenvalue weighted by Crippen LogP contribution is -2.04. The van der Waals surface area contributed by atoms with Gasteiger partial charge in [0.15, 0.2) is 0 Å². The lowest BCUT2D eigenvalue weighted by atomic mass is 10.1. The van der Waals surface area contributed by atoms with Gasteiger partial charge in [0, 0.05) is 54.9 Å². The van der Waals surface area contributed by atoms with Crippen LogP contribution in [0.25, 0.3) is 33.5 Å². The smallest absolute Gasteiger partial charge is 0.223 e. The third kappa shape index (κ3) is 2.96. The van der Waals surface area contributed by atoms with Gasteiger partial charge in [-0.3, -0.25) is 4.68 Å². The van der Waals surface area contributed by atoms with Crippen molar-refractivity contribution < 1.29 is 0 Å². The first-order valence-electron chi connectivity index (χ1n) is 8.29. The number of nitrogens with one attached hydrogen (secondary N) is 2. The van der Waals surface area contributed by atoms with E-state index in [0.717, 1.165) is 46.5 Å². The van der Waals surface area contributed by atoms with Gasteiger partial charge >= 0.3 is 0 Å². The third-order valence-corrected chi connectivity index (χ3v) is 3.97. The molecule has 0 spiro atoms. The van der Waals surface area contributed by atoms with Crippen molar-refractivity contribution in [1.82, 2.24) is 29.7 Å². The molecular formula is C18H19N7. The molecule has 4 aromatic heterocycles. The van der Waals surface area contributed by atoms with Crippen LogP contribution in [0.3, 0.4) is 0 Å². The van der Waals surface area contributed by atoms with Gasteiger partial charge in [0.2, 0.25) is 5.95 Å². The highest BCUT2D eigenvalue weighted by molar-refractivity contribution is 5.85. The monoisotopic (exact) mass is 333 g/mol. The Morgan fingerprint density at radius 1 is 1.24 bits per heavy atom. The average molecular weight is 333 g/mol. The lowest BCUT2D eigenvalue weighted by Gasteiger charge is -2.06. The molecule has 0 aliphatic heterocycles. The van der Waals surface area contributed by atoms with Gasteiger partial charge < -0.3 is 10.3 Å². The summed E-state index contributed by atoms with van der Waals surface area (Å²) in [6.45, 7) is 2.96. The quantitative estimate of drug-likeness (QED) is 0.586. The van der Waals surface area contributed by atoms with E-state index in [0.29, 0.717) is 5.95 Å². The SMILES string of the molecule is CCCNc1nccc(-c2cn(C)nc2-c2cnc3[nH]ccc3c2)n1. The van der Waals surface area contributed by atoms with E-state index < -0.39 is 0 Å². The van der Waals surface area contributed by atoms with Crippen molar-refractivity contribution in [3.63, 3.8) is 0 Å². The maximum absolute atomic E-state index is 4.63. The molecule has 0 radical (unpaired) electrons. The van der Waals surface area contributed by atoms with Gasteiger partial charge in [0.25, 0.3) is 0 Å². The van der Waals surface area contributed by atoms with Gasteiger partial charge in [-0.25, -0.2) is 15.0 Å². The molecule has 0 bridgehead atoms. The summed E-state index contributed by atoms with van der Waals surface area (Å²) in [6, 6.07) is 5.99. The molecule has 126 valence electrons. The molecule has 0 atom stereocenters. The van der Waals surface area contributed by atoms with Crippen LogP contribution >= 0.6 is 0 Å². The van der Waals surface area contributed by atoms with Gasteiger partial charge in [-0.05, 0) is 24.6 Å². The Bertz CT molecular complexity index is 1020. The number of aromatic nitrogens is 6. The first kappa shape index (κ1) is 15.3. The zero-order valence-electron chi connectivity index (χ0n) is 14.2. The number of H-pyrrole nitrogens is 1. The van der Waals surface area contributed by atoms with Crippen molar-refractivity contribution in [2.45, 2.75) is 13.3 Å². The van der Waals surface area contributed by atoms with Crippen molar-refractivity contribution in [2.24, 2.45) is 7.05 Å². The largest absolute Gasteiger partial charge is 0.354 e. The van der Waals surface area contributed by atoms with Crippen LogP contribution in [0.5, 0.6) is 0 Å². The fraction of sp³-hybridized carbons (Fsp3) is 0.222. The number of aryl methyl sites for hydroxylation is 1. The number of anilines is 1. The number of hydrogen-bond donors (Lipinski definition) is 2. The van der Waals surface area contributed by atoms with Gasteiger partial charge in [-0.1, -0.05) is 6.92 Å². The molecule has 4 rings (SSSR count). The molecule has 2 N–H and O–H groups in total. The summed E-state index contributed by atoms with van der Waals surface area (Å²) in [5.41, 5.74) is 4.49. The molecule has 0 aliphatic carbocycles. The minimum atomic E-state index is 0.633. The second-order valence-electron chi connectivity index (χ2n) is 5.90. The number of fused-ring (bicyclic) bond motifs is 1. The van der Waals surface area contributed by atoms with E-state index in [1.165, 1.54) is 0 Å². The molecule has 0 aromatic carbocycles. The van der Waals surface area contributed by atoms with Gasteiger partial charge in [-0.15, -0.1) is 0 Å². The van der Waals surface area contributed by atoms with Crippen molar-refractivity contribution >= 4 is 17.0 Å². The Kier molecular flexibility index (Phi) is 3.89. The fourth-order valence-corrected chi connectivity index (χ4v) is 2.79. The Hall–Kier alpha value is -3.22. The van der Waals surface area contributed by atoms with E-state index in [4.69, 9.17) is 0 Å². The van der Waals surface area contributed by atoms with Crippen LogP contribution in [0.2, 0.25) is 0 Å². The molecule has 25 heavy (non-hydrogen) atoms. The van der Waals surface area contributed by atoms with Crippen LogP contribution in [-0.2, 0) is 7.05 Å². The molecule has 0 saturated carbocycles. The molecule has 4 aromatic rings. The van der Waals surface area contributed by atoms with E-state index in [2.05, 4.69) is 43.3 Å². The molecule has 0 fully saturated rings. The van der Waals surface area contributed by atoms with Gasteiger partial charge in [0.1, 0.15) is 11.3 Å². The van der Waals surface area contributed by atoms with Crippen LogP contribution in [0.15, 0.2) is 43.0 Å². The zero-order chi connectivity index (χ0) is 17.2. The summed E-state index contributed by atoms with van der Waals surface area (Å²) in [6.07, 6.45) is 8.49. The minimum Gasteiger partial charge on any atom is -0.354 e. The Balaban J connectivity index is 1.78. The van der Waals surface area contributed by atoms with Crippen LogP contribution in [0.1, 0.15) is 13.3 Å². The summed E-state index contributed by atoms with van der Waals surface area (Å²) in [7, 11) is 1.91. The lowest BCUT2D eigenvalue weighted by molar-refractivity contribution is 0.771. The predicted octanol–water partition coefficient (Wildman–Crippen LogP) is 3.24. The van der Waals surface area contributed by atoms with E-state index in [-0.39, 0.29) is 0 Å². The van der Waals surface area contributed by atoms with Crippen molar-refractivity contribution in [3.05, 3.63) is 43.0 Å². The fourth-order valence-electron chi connectivity index (χ4n) is 2.79. The molecule has 7 heteroatoms. The number of rotatable bonds is 5. The maximum atomic E-state index is 4.63.